The SMILES string of the molecule is O=C(Nc1nnc(-c2ccccc2)o1)NC12CC3CC(CC(C3)C1)C2. The normalized spacial score (nSPS) is 32.6. The zero-order valence-corrected chi connectivity index (χ0v) is 14.1. The Morgan fingerprint density at radius 1 is 1.00 bits per heavy atom. The van der Waals surface area contributed by atoms with Crippen LogP contribution in [0.1, 0.15) is 38.5 Å². The van der Waals surface area contributed by atoms with Crippen LogP contribution in [0.3, 0.4) is 0 Å². The Labute approximate surface area is 146 Å². The number of benzene rings is 1. The van der Waals surface area contributed by atoms with Crippen molar-refractivity contribution in [2.45, 2.75) is 44.1 Å². The fraction of sp³-hybridized carbons (Fsp3) is 0.526. The smallest absolute Gasteiger partial charge is 0.324 e. The van der Waals surface area contributed by atoms with Crippen LogP contribution < -0.4 is 10.6 Å². The Hall–Kier alpha value is -2.37. The summed E-state index contributed by atoms with van der Waals surface area (Å²) in [7, 11) is 0. The van der Waals surface area contributed by atoms with E-state index < -0.39 is 0 Å². The average molecular weight is 338 g/mol. The molecule has 0 spiro atoms. The Bertz CT molecular complexity index is 750. The van der Waals surface area contributed by atoms with Gasteiger partial charge in [0.25, 0.3) is 0 Å². The molecular weight excluding hydrogens is 316 g/mol. The summed E-state index contributed by atoms with van der Waals surface area (Å²) in [5.74, 6) is 2.78. The second-order valence-electron chi connectivity index (χ2n) is 8.06. The first kappa shape index (κ1) is 14.9. The molecule has 0 saturated heterocycles. The third-order valence-electron chi connectivity index (χ3n) is 6.08. The summed E-state index contributed by atoms with van der Waals surface area (Å²) < 4.78 is 5.57. The highest BCUT2D eigenvalue weighted by Gasteiger charge is 2.51. The van der Waals surface area contributed by atoms with Crippen LogP contribution in [0.25, 0.3) is 11.5 Å². The van der Waals surface area contributed by atoms with Gasteiger partial charge in [-0.3, -0.25) is 5.32 Å². The number of carbonyl (C=O) groups excluding carboxylic acids is 1. The standard InChI is InChI=1S/C19H22N4O2/c24-17(20-18-23-22-16(25-18)15-4-2-1-3-5-15)21-19-9-12-6-13(10-19)8-14(7-12)11-19/h1-5,12-14H,6-11H2,(H2,20,21,23,24). The molecule has 4 aliphatic rings. The van der Waals surface area contributed by atoms with Crippen molar-refractivity contribution >= 4 is 12.0 Å². The summed E-state index contributed by atoms with van der Waals surface area (Å²) >= 11 is 0. The number of hydrogen-bond donors (Lipinski definition) is 2. The van der Waals surface area contributed by atoms with Gasteiger partial charge in [-0.15, -0.1) is 5.10 Å². The molecule has 0 radical (unpaired) electrons. The molecule has 6 heteroatoms. The Balaban J connectivity index is 1.26. The predicted molar refractivity (Wildman–Crippen MR) is 92.8 cm³/mol. The number of nitrogens with zero attached hydrogens (tertiary/aromatic N) is 2. The summed E-state index contributed by atoms with van der Waals surface area (Å²) in [6, 6.07) is 9.45. The first-order chi connectivity index (χ1) is 12.2. The summed E-state index contributed by atoms with van der Waals surface area (Å²) in [6.07, 6.45) is 7.41. The Morgan fingerprint density at radius 3 is 2.28 bits per heavy atom. The van der Waals surface area contributed by atoms with Crippen molar-refractivity contribution in [1.82, 2.24) is 15.5 Å². The van der Waals surface area contributed by atoms with Gasteiger partial charge >= 0.3 is 12.0 Å². The molecule has 6 nitrogen and oxygen atoms in total. The minimum absolute atomic E-state index is 0.0267. The highest BCUT2D eigenvalue weighted by Crippen LogP contribution is 2.55. The van der Waals surface area contributed by atoms with Crippen molar-refractivity contribution < 1.29 is 9.21 Å². The number of anilines is 1. The minimum Gasteiger partial charge on any atom is -0.403 e. The number of aromatic nitrogens is 2. The van der Waals surface area contributed by atoms with E-state index in [2.05, 4.69) is 20.8 Å². The van der Waals surface area contributed by atoms with Gasteiger partial charge in [0.05, 0.1) is 0 Å². The van der Waals surface area contributed by atoms with Gasteiger partial charge in [0.2, 0.25) is 5.89 Å². The summed E-state index contributed by atoms with van der Waals surface area (Å²) in [6.45, 7) is 0. The van der Waals surface area contributed by atoms with E-state index in [-0.39, 0.29) is 17.6 Å². The van der Waals surface area contributed by atoms with Crippen molar-refractivity contribution in [2.75, 3.05) is 5.32 Å². The lowest BCUT2D eigenvalue weighted by Crippen LogP contribution is -2.60. The molecular formula is C19H22N4O2. The first-order valence-corrected chi connectivity index (χ1v) is 9.16. The third kappa shape index (κ3) is 2.79. The number of amides is 2. The second-order valence-corrected chi connectivity index (χ2v) is 8.06. The number of hydrogen-bond acceptors (Lipinski definition) is 4. The lowest BCUT2D eigenvalue weighted by atomic mass is 9.53. The van der Waals surface area contributed by atoms with Gasteiger partial charge in [0, 0.05) is 11.1 Å². The molecule has 25 heavy (non-hydrogen) atoms. The summed E-state index contributed by atoms with van der Waals surface area (Å²) in [5, 5.41) is 13.9. The number of nitrogens with one attached hydrogen (secondary N) is 2. The highest BCUT2D eigenvalue weighted by molar-refractivity contribution is 5.87. The minimum atomic E-state index is -0.231. The quantitative estimate of drug-likeness (QED) is 0.891. The van der Waals surface area contributed by atoms with Crippen LogP contribution >= 0.6 is 0 Å². The Morgan fingerprint density at radius 2 is 1.64 bits per heavy atom. The van der Waals surface area contributed by atoms with Gasteiger partial charge in [-0.1, -0.05) is 23.3 Å². The van der Waals surface area contributed by atoms with Crippen LogP contribution in [0, 0.1) is 17.8 Å². The van der Waals surface area contributed by atoms with E-state index in [1.165, 1.54) is 19.3 Å². The maximum absolute atomic E-state index is 12.5. The van der Waals surface area contributed by atoms with Gasteiger partial charge in [-0.05, 0) is 68.4 Å². The van der Waals surface area contributed by atoms with Crippen LogP contribution in [0.15, 0.2) is 34.7 Å². The van der Waals surface area contributed by atoms with Crippen molar-refractivity contribution in [3.05, 3.63) is 30.3 Å². The van der Waals surface area contributed by atoms with E-state index >= 15 is 0 Å². The number of rotatable bonds is 3. The third-order valence-corrected chi connectivity index (χ3v) is 6.08. The fourth-order valence-electron chi connectivity index (χ4n) is 5.60. The van der Waals surface area contributed by atoms with Crippen LogP contribution in [-0.4, -0.2) is 21.8 Å². The summed E-state index contributed by atoms with van der Waals surface area (Å²) in [5.41, 5.74) is 0.811. The lowest BCUT2D eigenvalue weighted by Gasteiger charge is -2.56. The van der Waals surface area contributed by atoms with Gasteiger partial charge in [0.1, 0.15) is 0 Å². The molecule has 0 aliphatic heterocycles. The molecule has 4 aliphatic carbocycles. The van der Waals surface area contributed by atoms with Gasteiger partial charge in [0.15, 0.2) is 0 Å². The zero-order chi connectivity index (χ0) is 16.9. The van der Waals surface area contributed by atoms with Gasteiger partial charge < -0.3 is 9.73 Å². The van der Waals surface area contributed by atoms with Crippen molar-refractivity contribution in [3.8, 4) is 11.5 Å². The molecule has 6 rings (SSSR count). The van der Waals surface area contributed by atoms with Crippen LogP contribution in [0.5, 0.6) is 0 Å². The molecule has 4 bridgehead atoms. The molecule has 4 fully saturated rings. The topological polar surface area (TPSA) is 80.1 Å². The number of urea groups is 1. The molecule has 0 unspecified atom stereocenters. The molecule has 1 heterocycles. The van der Waals surface area contributed by atoms with Crippen molar-refractivity contribution in [1.29, 1.82) is 0 Å². The van der Waals surface area contributed by atoms with Gasteiger partial charge in [-0.25, -0.2) is 4.79 Å². The van der Waals surface area contributed by atoms with E-state index in [1.54, 1.807) is 0 Å². The van der Waals surface area contributed by atoms with Crippen molar-refractivity contribution in [3.63, 3.8) is 0 Å². The average Bonchev–Trinajstić information content (AvgIpc) is 3.02. The summed E-state index contributed by atoms with van der Waals surface area (Å²) in [4.78, 5) is 12.5. The zero-order valence-electron chi connectivity index (χ0n) is 14.1. The molecule has 2 N–H and O–H groups in total. The second kappa shape index (κ2) is 5.58. The van der Waals surface area contributed by atoms with Crippen LogP contribution in [0.4, 0.5) is 10.8 Å². The Kier molecular flexibility index (Phi) is 3.33. The molecule has 0 atom stereocenters. The van der Waals surface area contributed by atoms with Gasteiger partial charge in [-0.2, -0.15) is 0 Å². The predicted octanol–water partition coefficient (Wildman–Crippen LogP) is 3.83. The largest absolute Gasteiger partial charge is 0.403 e. The van der Waals surface area contributed by atoms with Crippen LogP contribution in [0.2, 0.25) is 0 Å². The number of carbonyl (C=O) groups is 1. The highest BCUT2D eigenvalue weighted by atomic mass is 16.4. The fourth-order valence-corrected chi connectivity index (χ4v) is 5.60. The molecule has 2 amide bonds. The molecule has 1 aromatic carbocycles. The van der Waals surface area contributed by atoms with Crippen molar-refractivity contribution in [2.24, 2.45) is 17.8 Å². The van der Waals surface area contributed by atoms with Crippen LogP contribution in [-0.2, 0) is 0 Å². The van der Waals surface area contributed by atoms with E-state index in [0.29, 0.717) is 5.89 Å². The lowest BCUT2D eigenvalue weighted by molar-refractivity contribution is -0.0127. The molecule has 1 aromatic heterocycles. The first-order valence-electron chi connectivity index (χ1n) is 9.16. The van der Waals surface area contributed by atoms with E-state index in [4.69, 9.17) is 4.42 Å². The maximum Gasteiger partial charge on any atom is 0.324 e. The maximum atomic E-state index is 12.5. The molecule has 130 valence electrons. The van der Waals surface area contributed by atoms with E-state index in [0.717, 1.165) is 42.6 Å². The molecule has 2 aromatic rings. The van der Waals surface area contributed by atoms with E-state index in [9.17, 15) is 4.79 Å². The van der Waals surface area contributed by atoms with E-state index in [1.807, 2.05) is 30.3 Å². The molecule has 4 saturated carbocycles. The monoisotopic (exact) mass is 338 g/mol.